The average Bonchev–Trinajstić information content (AvgIpc) is 2.74. The van der Waals surface area contributed by atoms with Crippen LogP contribution in [0.1, 0.15) is 17.5 Å². The highest BCUT2D eigenvalue weighted by molar-refractivity contribution is 6.00. The Morgan fingerprint density at radius 1 is 0.862 bits per heavy atom. The Labute approximate surface area is 169 Å². The maximum Gasteiger partial charge on any atom is 0.313 e. The van der Waals surface area contributed by atoms with Crippen LogP contribution in [0, 0.1) is 0 Å². The van der Waals surface area contributed by atoms with E-state index in [1.165, 1.54) is 0 Å². The molecule has 1 aliphatic heterocycles. The van der Waals surface area contributed by atoms with Crippen molar-refractivity contribution in [2.75, 3.05) is 20.8 Å². The third-order valence-electron chi connectivity index (χ3n) is 4.55. The molecule has 1 saturated heterocycles. The molecule has 0 N–H and O–H groups in total. The van der Waals surface area contributed by atoms with Gasteiger partial charge in [-0.1, -0.05) is 24.3 Å². The summed E-state index contributed by atoms with van der Waals surface area (Å²) in [6.07, 6.45) is -1.92. The van der Waals surface area contributed by atoms with Crippen molar-refractivity contribution in [2.45, 2.75) is 31.8 Å². The number of hydrogen-bond donors (Lipinski definition) is 0. The molecule has 1 heterocycles. The van der Waals surface area contributed by atoms with Crippen molar-refractivity contribution in [3.8, 4) is 11.5 Å². The molecule has 0 aromatic heterocycles. The Bertz CT molecular complexity index is 814. The van der Waals surface area contributed by atoms with Gasteiger partial charge in [-0.25, -0.2) is 0 Å². The molecule has 0 spiro atoms. The first-order valence-electron chi connectivity index (χ1n) is 9.26. The number of carbonyl (C=O) groups is 2. The lowest BCUT2D eigenvalue weighted by atomic mass is 10.0. The summed E-state index contributed by atoms with van der Waals surface area (Å²) < 4.78 is 27.0. The molecule has 2 aromatic carbocycles. The first kappa shape index (κ1) is 20.8. The van der Waals surface area contributed by atoms with Crippen molar-refractivity contribution >= 4 is 11.8 Å². The maximum absolute atomic E-state index is 12.3. The molecule has 29 heavy (non-hydrogen) atoms. The molecule has 1 fully saturated rings. The lowest BCUT2D eigenvalue weighted by Crippen LogP contribution is -2.47. The van der Waals surface area contributed by atoms with E-state index in [9.17, 15) is 9.59 Å². The SMILES string of the molecule is COc1ccc(COC[C@H]2OC(=O)CC(=O)[C@@H]2OCc2ccc(OC)cc2)cc1. The van der Waals surface area contributed by atoms with Crippen LogP contribution in [0.25, 0.3) is 0 Å². The van der Waals surface area contributed by atoms with Crippen LogP contribution >= 0.6 is 0 Å². The molecule has 0 saturated carbocycles. The first-order valence-corrected chi connectivity index (χ1v) is 9.26. The largest absolute Gasteiger partial charge is 0.497 e. The third-order valence-corrected chi connectivity index (χ3v) is 4.55. The number of cyclic esters (lactones) is 1. The van der Waals surface area contributed by atoms with Gasteiger partial charge >= 0.3 is 5.97 Å². The molecule has 0 aliphatic carbocycles. The summed E-state index contributed by atoms with van der Waals surface area (Å²) >= 11 is 0. The van der Waals surface area contributed by atoms with E-state index in [1.807, 2.05) is 48.5 Å². The standard InChI is InChI=1S/C22H24O7/c1-25-17-7-3-15(4-8-17)12-27-14-20-22(19(23)11-21(24)29-20)28-13-16-5-9-18(26-2)10-6-16/h3-10,20,22H,11-14H2,1-2H3/t20-,22+/m1/s1. The monoisotopic (exact) mass is 400 g/mol. The van der Waals surface area contributed by atoms with Gasteiger partial charge in [-0.3, -0.25) is 9.59 Å². The molecule has 0 unspecified atom stereocenters. The molecule has 3 rings (SSSR count). The second-order valence-corrected chi connectivity index (χ2v) is 6.61. The summed E-state index contributed by atoms with van der Waals surface area (Å²) in [5.41, 5.74) is 1.82. The normalized spacial score (nSPS) is 19.0. The molecular weight excluding hydrogens is 376 g/mol. The Hall–Kier alpha value is -2.90. The minimum atomic E-state index is -0.856. The molecule has 7 nitrogen and oxygen atoms in total. The van der Waals surface area contributed by atoms with Crippen molar-refractivity contribution in [3.05, 3.63) is 59.7 Å². The fourth-order valence-electron chi connectivity index (χ4n) is 2.97. The molecule has 7 heteroatoms. The van der Waals surface area contributed by atoms with E-state index in [-0.39, 0.29) is 25.4 Å². The molecule has 2 atom stereocenters. The quantitative estimate of drug-likeness (QED) is 0.473. The van der Waals surface area contributed by atoms with E-state index in [0.717, 1.165) is 22.6 Å². The van der Waals surface area contributed by atoms with Gasteiger partial charge in [0.05, 0.1) is 34.0 Å². The molecule has 154 valence electrons. The van der Waals surface area contributed by atoms with E-state index >= 15 is 0 Å². The van der Waals surface area contributed by atoms with Crippen molar-refractivity contribution in [1.29, 1.82) is 0 Å². The van der Waals surface area contributed by atoms with E-state index in [0.29, 0.717) is 6.61 Å². The number of hydrogen-bond acceptors (Lipinski definition) is 7. The summed E-state index contributed by atoms with van der Waals surface area (Å²) in [5, 5.41) is 0. The number of Topliss-reactive ketones (excluding diaryl/α,β-unsaturated/α-hetero) is 1. The highest BCUT2D eigenvalue weighted by Crippen LogP contribution is 2.20. The number of ketones is 1. The lowest BCUT2D eigenvalue weighted by molar-refractivity contribution is -0.180. The fourth-order valence-corrected chi connectivity index (χ4v) is 2.97. The second-order valence-electron chi connectivity index (χ2n) is 6.61. The highest BCUT2D eigenvalue weighted by Gasteiger charge is 2.38. The molecule has 0 bridgehead atoms. The van der Waals surface area contributed by atoms with Gasteiger partial charge < -0.3 is 23.7 Å². The van der Waals surface area contributed by atoms with Gasteiger partial charge in [0.1, 0.15) is 17.9 Å². The number of ether oxygens (including phenoxy) is 5. The molecule has 2 aromatic rings. The van der Waals surface area contributed by atoms with Crippen LogP contribution in [0.2, 0.25) is 0 Å². The summed E-state index contributed by atoms with van der Waals surface area (Å²) in [6.45, 7) is 0.598. The van der Waals surface area contributed by atoms with Gasteiger partial charge in [0, 0.05) is 0 Å². The number of benzene rings is 2. The van der Waals surface area contributed by atoms with Crippen LogP contribution in [-0.4, -0.2) is 44.8 Å². The number of carbonyl (C=O) groups excluding carboxylic acids is 2. The van der Waals surface area contributed by atoms with Crippen LogP contribution in [0.4, 0.5) is 0 Å². The summed E-state index contributed by atoms with van der Waals surface area (Å²) in [7, 11) is 3.20. The van der Waals surface area contributed by atoms with E-state index < -0.39 is 18.2 Å². The van der Waals surface area contributed by atoms with Crippen LogP contribution in [0.5, 0.6) is 11.5 Å². The Morgan fingerprint density at radius 3 is 1.97 bits per heavy atom. The topological polar surface area (TPSA) is 80.3 Å². The maximum atomic E-state index is 12.3. The fraction of sp³-hybridized carbons (Fsp3) is 0.364. The summed E-state index contributed by atoms with van der Waals surface area (Å²) in [4.78, 5) is 24.0. The molecule has 1 aliphatic rings. The highest BCUT2D eigenvalue weighted by atomic mass is 16.6. The minimum Gasteiger partial charge on any atom is -0.497 e. The van der Waals surface area contributed by atoms with Crippen LogP contribution in [-0.2, 0) is 37.0 Å². The Balaban J connectivity index is 1.56. The summed E-state index contributed by atoms with van der Waals surface area (Å²) in [6, 6.07) is 14.8. The van der Waals surface area contributed by atoms with Crippen molar-refractivity contribution in [1.82, 2.24) is 0 Å². The van der Waals surface area contributed by atoms with Crippen LogP contribution in [0.3, 0.4) is 0 Å². The van der Waals surface area contributed by atoms with Crippen molar-refractivity contribution in [3.63, 3.8) is 0 Å². The van der Waals surface area contributed by atoms with Gasteiger partial charge in [0.2, 0.25) is 0 Å². The first-order chi connectivity index (χ1) is 14.1. The van der Waals surface area contributed by atoms with Gasteiger partial charge in [-0.2, -0.15) is 0 Å². The van der Waals surface area contributed by atoms with E-state index in [2.05, 4.69) is 0 Å². The molecular formula is C22H24O7. The predicted molar refractivity (Wildman–Crippen MR) is 104 cm³/mol. The van der Waals surface area contributed by atoms with Crippen LogP contribution in [0.15, 0.2) is 48.5 Å². The zero-order valence-corrected chi connectivity index (χ0v) is 16.5. The number of rotatable bonds is 9. The molecule has 0 amide bonds. The van der Waals surface area contributed by atoms with Gasteiger partial charge in [0.15, 0.2) is 18.0 Å². The third kappa shape index (κ3) is 5.79. The Kier molecular flexibility index (Phi) is 7.21. The molecule has 0 radical (unpaired) electrons. The zero-order valence-electron chi connectivity index (χ0n) is 16.5. The van der Waals surface area contributed by atoms with Gasteiger partial charge in [0.25, 0.3) is 0 Å². The minimum absolute atomic E-state index is 0.0663. The second kappa shape index (κ2) is 10.0. The smallest absolute Gasteiger partial charge is 0.313 e. The predicted octanol–water partition coefficient (Wildman–Crippen LogP) is 2.69. The number of methoxy groups -OCH3 is 2. The van der Waals surface area contributed by atoms with Crippen LogP contribution < -0.4 is 9.47 Å². The Morgan fingerprint density at radius 2 is 1.41 bits per heavy atom. The lowest BCUT2D eigenvalue weighted by Gasteiger charge is -2.29. The van der Waals surface area contributed by atoms with Crippen molar-refractivity contribution in [2.24, 2.45) is 0 Å². The van der Waals surface area contributed by atoms with E-state index in [1.54, 1.807) is 14.2 Å². The van der Waals surface area contributed by atoms with Crippen molar-refractivity contribution < 1.29 is 33.3 Å². The van der Waals surface area contributed by atoms with Gasteiger partial charge in [-0.15, -0.1) is 0 Å². The van der Waals surface area contributed by atoms with E-state index in [4.69, 9.17) is 23.7 Å². The zero-order chi connectivity index (χ0) is 20.6. The average molecular weight is 400 g/mol. The summed E-state index contributed by atoms with van der Waals surface area (Å²) in [5.74, 6) is 0.638. The number of esters is 1. The van der Waals surface area contributed by atoms with Gasteiger partial charge in [-0.05, 0) is 35.4 Å².